The van der Waals surface area contributed by atoms with Crippen molar-refractivity contribution in [1.29, 1.82) is 0 Å². The summed E-state index contributed by atoms with van der Waals surface area (Å²) in [7, 11) is 0. The molecule has 3 aromatic rings. The number of rotatable bonds is 3. The topological polar surface area (TPSA) is 50.2 Å². The van der Waals surface area contributed by atoms with Crippen LogP contribution >= 0.6 is 11.8 Å². The molecule has 20 heavy (non-hydrogen) atoms. The number of thioether (sulfide) groups is 1. The Labute approximate surface area is 120 Å². The molecule has 0 aliphatic heterocycles. The van der Waals surface area contributed by atoms with Crippen LogP contribution in [0.4, 0.5) is 0 Å². The molecule has 0 saturated carbocycles. The summed E-state index contributed by atoms with van der Waals surface area (Å²) in [5.41, 5.74) is 3.57. The van der Waals surface area contributed by atoms with Crippen molar-refractivity contribution >= 4 is 17.4 Å². The molecule has 0 radical (unpaired) electrons. The third-order valence-corrected chi connectivity index (χ3v) is 4.18. The first-order valence-corrected chi connectivity index (χ1v) is 7.59. The molecule has 0 aliphatic carbocycles. The van der Waals surface area contributed by atoms with E-state index in [1.54, 1.807) is 11.8 Å². The predicted molar refractivity (Wildman–Crippen MR) is 81.6 cm³/mol. The number of aromatic amines is 1. The van der Waals surface area contributed by atoms with Crippen molar-refractivity contribution in [2.45, 2.75) is 18.2 Å². The standard InChI is InChI=1S/C15H15N3OS/c1-10-7-14-16-9-17-18(14)15(19)13(10)8-11-3-5-12(20-2)6-4-11/h3-7,9H,8H2,1-2H3,(H,16,17). The number of hydrogen-bond donors (Lipinski definition) is 1. The number of aryl methyl sites for hydroxylation is 1. The maximum atomic E-state index is 12.4. The summed E-state index contributed by atoms with van der Waals surface area (Å²) in [4.78, 5) is 17.8. The number of hydrogen-bond acceptors (Lipinski definition) is 3. The van der Waals surface area contributed by atoms with Crippen molar-refractivity contribution in [1.82, 2.24) is 14.6 Å². The molecule has 1 aromatic carbocycles. The number of aromatic nitrogens is 3. The minimum atomic E-state index is -0.0218. The zero-order valence-corrected chi connectivity index (χ0v) is 12.2. The molecular formula is C15H15N3OS. The van der Waals surface area contributed by atoms with Crippen LogP contribution in [0.5, 0.6) is 0 Å². The van der Waals surface area contributed by atoms with Crippen LogP contribution in [0.25, 0.3) is 5.65 Å². The molecule has 0 amide bonds. The van der Waals surface area contributed by atoms with Gasteiger partial charge in [-0.2, -0.15) is 0 Å². The second-order valence-corrected chi connectivity index (χ2v) is 5.60. The molecule has 0 saturated heterocycles. The molecule has 0 unspecified atom stereocenters. The third-order valence-electron chi connectivity index (χ3n) is 3.44. The van der Waals surface area contributed by atoms with Gasteiger partial charge < -0.3 is 0 Å². The van der Waals surface area contributed by atoms with Gasteiger partial charge in [0.25, 0.3) is 5.56 Å². The minimum absolute atomic E-state index is 0.0218. The molecule has 5 heteroatoms. The van der Waals surface area contributed by atoms with E-state index in [0.29, 0.717) is 12.1 Å². The summed E-state index contributed by atoms with van der Waals surface area (Å²) in [6.45, 7) is 1.96. The molecule has 0 atom stereocenters. The van der Waals surface area contributed by atoms with Gasteiger partial charge in [-0.05, 0) is 42.5 Å². The molecule has 1 N–H and O–H groups in total. The number of pyridine rings is 1. The summed E-state index contributed by atoms with van der Waals surface area (Å²) in [5, 5.41) is 2.85. The molecule has 0 fully saturated rings. The summed E-state index contributed by atoms with van der Waals surface area (Å²) in [6.07, 6.45) is 4.23. The van der Waals surface area contributed by atoms with Gasteiger partial charge in [-0.3, -0.25) is 9.89 Å². The first-order valence-electron chi connectivity index (χ1n) is 6.36. The normalized spacial score (nSPS) is 11.1. The smallest absolute Gasteiger partial charge is 0.274 e. The predicted octanol–water partition coefficient (Wildman–Crippen LogP) is 2.64. The average Bonchev–Trinajstić information content (AvgIpc) is 2.92. The number of benzene rings is 1. The second kappa shape index (κ2) is 5.17. The van der Waals surface area contributed by atoms with Crippen LogP contribution in [0, 0.1) is 6.92 Å². The van der Waals surface area contributed by atoms with Gasteiger partial charge in [0.05, 0.1) is 0 Å². The Morgan fingerprint density at radius 1 is 1.30 bits per heavy atom. The summed E-state index contributed by atoms with van der Waals surface area (Å²) in [5.74, 6) is 0. The van der Waals surface area contributed by atoms with E-state index in [-0.39, 0.29) is 5.56 Å². The SMILES string of the molecule is CSc1ccc(Cc2c(C)cc3nc[nH]n3c2=O)cc1. The Balaban J connectivity index is 2.03. The molecular weight excluding hydrogens is 270 g/mol. The molecule has 0 spiro atoms. The highest BCUT2D eigenvalue weighted by Gasteiger charge is 2.10. The number of H-pyrrole nitrogens is 1. The van der Waals surface area contributed by atoms with Crippen molar-refractivity contribution in [2.24, 2.45) is 0 Å². The van der Waals surface area contributed by atoms with E-state index in [4.69, 9.17) is 0 Å². The maximum absolute atomic E-state index is 12.4. The Hall–Kier alpha value is -2.01. The Bertz CT molecular complexity index is 802. The van der Waals surface area contributed by atoms with Gasteiger partial charge in [-0.25, -0.2) is 9.50 Å². The summed E-state index contributed by atoms with van der Waals surface area (Å²) >= 11 is 1.71. The van der Waals surface area contributed by atoms with Crippen molar-refractivity contribution in [3.05, 3.63) is 63.7 Å². The third kappa shape index (κ3) is 2.25. The Morgan fingerprint density at radius 2 is 2.05 bits per heavy atom. The summed E-state index contributed by atoms with van der Waals surface area (Å²) in [6, 6.07) is 10.3. The molecule has 2 heterocycles. The highest BCUT2D eigenvalue weighted by Crippen LogP contribution is 2.17. The van der Waals surface area contributed by atoms with E-state index in [1.165, 1.54) is 15.7 Å². The van der Waals surface area contributed by atoms with Crippen molar-refractivity contribution in [3.63, 3.8) is 0 Å². The lowest BCUT2D eigenvalue weighted by molar-refractivity contribution is 0.889. The largest absolute Gasteiger partial charge is 0.279 e. The van der Waals surface area contributed by atoms with E-state index in [9.17, 15) is 4.79 Å². The second-order valence-electron chi connectivity index (χ2n) is 4.72. The van der Waals surface area contributed by atoms with Gasteiger partial charge in [0, 0.05) is 16.9 Å². The average molecular weight is 285 g/mol. The molecule has 102 valence electrons. The highest BCUT2D eigenvalue weighted by molar-refractivity contribution is 7.98. The van der Waals surface area contributed by atoms with Crippen LogP contribution in [-0.2, 0) is 6.42 Å². The van der Waals surface area contributed by atoms with Crippen LogP contribution in [0.3, 0.4) is 0 Å². The fourth-order valence-electron chi connectivity index (χ4n) is 2.29. The molecule has 4 nitrogen and oxygen atoms in total. The van der Waals surface area contributed by atoms with Crippen LogP contribution in [0.1, 0.15) is 16.7 Å². The van der Waals surface area contributed by atoms with E-state index < -0.39 is 0 Å². The monoisotopic (exact) mass is 285 g/mol. The molecule has 2 aromatic heterocycles. The van der Waals surface area contributed by atoms with Gasteiger partial charge in [-0.15, -0.1) is 11.8 Å². The maximum Gasteiger partial charge on any atom is 0.274 e. The zero-order chi connectivity index (χ0) is 14.1. The summed E-state index contributed by atoms with van der Waals surface area (Å²) < 4.78 is 1.48. The van der Waals surface area contributed by atoms with E-state index in [2.05, 4.69) is 40.6 Å². The zero-order valence-electron chi connectivity index (χ0n) is 11.4. The van der Waals surface area contributed by atoms with Crippen molar-refractivity contribution in [3.8, 4) is 0 Å². The van der Waals surface area contributed by atoms with Gasteiger partial charge in [0.15, 0.2) is 5.65 Å². The fourth-order valence-corrected chi connectivity index (χ4v) is 2.70. The van der Waals surface area contributed by atoms with Crippen LogP contribution in [0.15, 0.2) is 46.3 Å². The van der Waals surface area contributed by atoms with E-state index >= 15 is 0 Å². The van der Waals surface area contributed by atoms with E-state index in [1.807, 2.05) is 13.0 Å². The van der Waals surface area contributed by atoms with Crippen LogP contribution in [0.2, 0.25) is 0 Å². The lowest BCUT2D eigenvalue weighted by atomic mass is 10.0. The van der Waals surface area contributed by atoms with Crippen molar-refractivity contribution in [2.75, 3.05) is 6.26 Å². The fraction of sp³-hybridized carbons (Fsp3) is 0.200. The first-order chi connectivity index (χ1) is 9.69. The first kappa shape index (κ1) is 13.0. The quantitative estimate of drug-likeness (QED) is 0.753. The number of nitrogens with one attached hydrogen (secondary N) is 1. The lowest BCUT2D eigenvalue weighted by Gasteiger charge is -2.06. The van der Waals surface area contributed by atoms with E-state index in [0.717, 1.165) is 16.7 Å². The Morgan fingerprint density at radius 3 is 2.75 bits per heavy atom. The molecule has 0 bridgehead atoms. The van der Waals surface area contributed by atoms with Gasteiger partial charge in [0.1, 0.15) is 6.33 Å². The van der Waals surface area contributed by atoms with Gasteiger partial charge in [-0.1, -0.05) is 12.1 Å². The highest BCUT2D eigenvalue weighted by atomic mass is 32.2. The molecule has 0 aliphatic rings. The Kier molecular flexibility index (Phi) is 3.36. The van der Waals surface area contributed by atoms with Gasteiger partial charge >= 0.3 is 0 Å². The lowest BCUT2D eigenvalue weighted by Crippen LogP contribution is -2.20. The van der Waals surface area contributed by atoms with Crippen LogP contribution < -0.4 is 5.56 Å². The minimum Gasteiger partial charge on any atom is -0.279 e. The molecule has 3 rings (SSSR count). The number of fused-ring (bicyclic) bond motifs is 1. The van der Waals surface area contributed by atoms with Gasteiger partial charge in [0.2, 0.25) is 0 Å². The van der Waals surface area contributed by atoms with Crippen molar-refractivity contribution < 1.29 is 0 Å². The number of nitrogens with zero attached hydrogens (tertiary/aromatic N) is 2. The van der Waals surface area contributed by atoms with Crippen LogP contribution in [-0.4, -0.2) is 20.9 Å².